The molecule has 2 aliphatic heterocycles. The van der Waals surface area contributed by atoms with Gasteiger partial charge in [-0.2, -0.15) is 0 Å². The molecule has 2 unspecified atom stereocenters. The van der Waals surface area contributed by atoms with Gasteiger partial charge in [-0.1, -0.05) is 30.3 Å². The van der Waals surface area contributed by atoms with Crippen molar-refractivity contribution >= 4 is 11.6 Å². The standard InChI is InChI=1S/C23H29N3O2/c1-17-5-3-4-6-22(17)25-11-13-26(14-12-25)23(27)21-16-24-15-20(21)18-7-9-19(28-2)10-8-18/h3-10,20-21,24H,11-16H2,1-2H3. The smallest absolute Gasteiger partial charge is 0.227 e. The second-order valence-electron chi connectivity index (χ2n) is 7.74. The number of carbonyl (C=O) groups excluding carboxylic acids is 1. The predicted molar refractivity (Wildman–Crippen MR) is 112 cm³/mol. The molecule has 5 heteroatoms. The summed E-state index contributed by atoms with van der Waals surface area (Å²) in [5.74, 6) is 1.38. The van der Waals surface area contributed by atoms with E-state index in [1.54, 1.807) is 7.11 Å². The molecule has 0 spiro atoms. The topological polar surface area (TPSA) is 44.8 Å². The second-order valence-corrected chi connectivity index (χ2v) is 7.74. The molecule has 2 aliphatic rings. The lowest BCUT2D eigenvalue weighted by Crippen LogP contribution is -2.51. The van der Waals surface area contributed by atoms with Gasteiger partial charge in [0.15, 0.2) is 0 Å². The van der Waals surface area contributed by atoms with Crippen molar-refractivity contribution in [1.82, 2.24) is 10.2 Å². The Morgan fingerprint density at radius 1 is 1.00 bits per heavy atom. The number of ether oxygens (including phenoxy) is 1. The summed E-state index contributed by atoms with van der Waals surface area (Å²) < 4.78 is 5.26. The van der Waals surface area contributed by atoms with Gasteiger partial charge in [-0.15, -0.1) is 0 Å². The van der Waals surface area contributed by atoms with Gasteiger partial charge in [0.25, 0.3) is 0 Å². The van der Waals surface area contributed by atoms with Gasteiger partial charge in [-0.05, 0) is 36.2 Å². The van der Waals surface area contributed by atoms with Crippen LogP contribution in [0.4, 0.5) is 5.69 Å². The van der Waals surface area contributed by atoms with Crippen molar-refractivity contribution in [1.29, 1.82) is 0 Å². The Morgan fingerprint density at radius 2 is 1.71 bits per heavy atom. The number of hydrogen-bond donors (Lipinski definition) is 1. The number of hydrogen-bond acceptors (Lipinski definition) is 4. The molecule has 148 valence electrons. The fourth-order valence-electron chi connectivity index (χ4n) is 4.46. The quantitative estimate of drug-likeness (QED) is 0.887. The molecule has 2 aromatic rings. The Labute approximate surface area is 167 Å². The number of amides is 1. The average molecular weight is 380 g/mol. The molecule has 1 amide bonds. The Hall–Kier alpha value is -2.53. The fraction of sp³-hybridized carbons (Fsp3) is 0.435. The summed E-state index contributed by atoms with van der Waals surface area (Å²) in [6.45, 7) is 7.13. The van der Waals surface area contributed by atoms with E-state index in [9.17, 15) is 4.79 Å². The van der Waals surface area contributed by atoms with Crippen LogP contribution in [0.1, 0.15) is 17.0 Å². The Bertz CT molecular complexity index is 813. The van der Waals surface area contributed by atoms with Crippen LogP contribution in [-0.4, -0.2) is 57.2 Å². The van der Waals surface area contributed by atoms with Crippen LogP contribution in [0.2, 0.25) is 0 Å². The van der Waals surface area contributed by atoms with Crippen LogP contribution in [0.15, 0.2) is 48.5 Å². The monoisotopic (exact) mass is 379 g/mol. The van der Waals surface area contributed by atoms with Gasteiger partial charge in [0.1, 0.15) is 5.75 Å². The van der Waals surface area contributed by atoms with Gasteiger partial charge in [0, 0.05) is 50.9 Å². The number of carbonyl (C=O) groups is 1. The van der Waals surface area contributed by atoms with E-state index in [4.69, 9.17) is 4.74 Å². The zero-order valence-corrected chi connectivity index (χ0v) is 16.7. The van der Waals surface area contributed by atoms with Gasteiger partial charge in [-0.25, -0.2) is 0 Å². The normalized spacial score (nSPS) is 22.4. The second kappa shape index (κ2) is 8.23. The van der Waals surface area contributed by atoms with E-state index in [0.717, 1.165) is 45.0 Å². The van der Waals surface area contributed by atoms with E-state index >= 15 is 0 Å². The summed E-state index contributed by atoms with van der Waals surface area (Å²) >= 11 is 0. The average Bonchev–Trinajstić information content (AvgIpc) is 3.24. The SMILES string of the molecule is COc1ccc(C2CNCC2C(=O)N2CCN(c3ccccc3C)CC2)cc1. The highest BCUT2D eigenvalue weighted by Crippen LogP contribution is 2.31. The van der Waals surface area contributed by atoms with E-state index in [1.807, 2.05) is 12.1 Å². The first-order valence-electron chi connectivity index (χ1n) is 10.1. The van der Waals surface area contributed by atoms with Gasteiger partial charge in [0.2, 0.25) is 5.91 Å². The molecular weight excluding hydrogens is 350 g/mol. The fourth-order valence-corrected chi connectivity index (χ4v) is 4.46. The summed E-state index contributed by atoms with van der Waals surface area (Å²) in [5.41, 5.74) is 3.79. The molecule has 0 saturated carbocycles. The van der Waals surface area contributed by atoms with Crippen molar-refractivity contribution in [3.05, 3.63) is 59.7 Å². The number of benzene rings is 2. The molecule has 0 aliphatic carbocycles. The molecule has 2 saturated heterocycles. The Balaban J connectivity index is 1.41. The highest BCUT2D eigenvalue weighted by Gasteiger charge is 2.37. The van der Waals surface area contributed by atoms with E-state index in [1.165, 1.54) is 16.8 Å². The Kier molecular flexibility index (Phi) is 5.53. The zero-order chi connectivity index (χ0) is 19.5. The van der Waals surface area contributed by atoms with Crippen LogP contribution in [0, 0.1) is 12.8 Å². The summed E-state index contributed by atoms with van der Waals surface area (Å²) in [7, 11) is 1.68. The molecule has 28 heavy (non-hydrogen) atoms. The Morgan fingerprint density at radius 3 is 2.39 bits per heavy atom. The third-order valence-corrected chi connectivity index (χ3v) is 6.12. The minimum atomic E-state index is 0.0124. The van der Waals surface area contributed by atoms with Crippen molar-refractivity contribution in [2.75, 3.05) is 51.3 Å². The van der Waals surface area contributed by atoms with E-state index < -0.39 is 0 Å². The summed E-state index contributed by atoms with van der Waals surface area (Å²) in [4.78, 5) is 17.7. The van der Waals surface area contributed by atoms with E-state index in [2.05, 4.69) is 58.4 Å². The lowest BCUT2D eigenvalue weighted by Gasteiger charge is -2.38. The first-order chi connectivity index (χ1) is 13.7. The number of anilines is 1. The lowest BCUT2D eigenvalue weighted by molar-refractivity contribution is -0.135. The zero-order valence-electron chi connectivity index (χ0n) is 16.7. The van der Waals surface area contributed by atoms with Crippen molar-refractivity contribution < 1.29 is 9.53 Å². The van der Waals surface area contributed by atoms with Crippen LogP contribution < -0.4 is 15.0 Å². The predicted octanol–water partition coefficient (Wildman–Crippen LogP) is 2.66. The van der Waals surface area contributed by atoms with Crippen LogP contribution in [0.25, 0.3) is 0 Å². The molecule has 1 N–H and O–H groups in total. The molecule has 2 fully saturated rings. The summed E-state index contributed by atoms with van der Waals surface area (Å²) in [5, 5.41) is 3.42. The molecule has 2 heterocycles. The number of piperazine rings is 1. The summed E-state index contributed by atoms with van der Waals surface area (Å²) in [6, 6.07) is 16.6. The first kappa shape index (κ1) is 18.8. The molecule has 0 radical (unpaired) electrons. The number of nitrogens with zero attached hydrogens (tertiary/aromatic N) is 2. The molecule has 4 rings (SSSR count). The van der Waals surface area contributed by atoms with Crippen molar-refractivity contribution in [2.24, 2.45) is 5.92 Å². The maximum Gasteiger partial charge on any atom is 0.227 e. The molecule has 2 atom stereocenters. The number of para-hydroxylation sites is 1. The highest BCUT2D eigenvalue weighted by molar-refractivity contribution is 5.81. The van der Waals surface area contributed by atoms with Gasteiger partial charge in [-0.3, -0.25) is 4.79 Å². The first-order valence-corrected chi connectivity index (χ1v) is 10.1. The van der Waals surface area contributed by atoms with Crippen molar-refractivity contribution in [3.63, 3.8) is 0 Å². The number of aryl methyl sites for hydroxylation is 1. The third-order valence-electron chi connectivity index (χ3n) is 6.12. The molecular formula is C23H29N3O2. The molecule has 2 aromatic carbocycles. The maximum atomic E-state index is 13.3. The van der Waals surface area contributed by atoms with Crippen LogP contribution in [-0.2, 0) is 4.79 Å². The third kappa shape index (κ3) is 3.72. The lowest BCUT2D eigenvalue weighted by atomic mass is 9.87. The maximum absolute atomic E-state index is 13.3. The molecule has 5 nitrogen and oxygen atoms in total. The molecule has 0 aromatic heterocycles. The highest BCUT2D eigenvalue weighted by atomic mass is 16.5. The summed E-state index contributed by atoms with van der Waals surface area (Å²) in [6.07, 6.45) is 0. The molecule has 0 bridgehead atoms. The van der Waals surface area contributed by atoms with Crippen LogP contribution in [0.3, 0.4) is 0 Å². The number of methoxy groups -OCH3 is 1. The number of rotatable bonds is 4. The minimum absolute atomic E-state index is 0.0124. The largest absolute Gasteiger partial charge is 0.497 e. The van der Waals surface area contributed by atoms with E-state index in [-0.39, 0.29) is 17.7 Å². The van der Waals surface area contributed by atoms with Gasteiger partial charge in [0.05, 0.1) is 13.0 Å². The minimum Gasteiger partial charge on any atom is -0.497 e. The number of nitrogens with one attached hydrogen (secondary N) is 1. The van der Waals surface area contributed by atoms with Gasteiger partial charge < -0.3 is 19.9 Å². The van der Waals surface area contributed by atoms with Crippen LogP contribution in [0.5, 0.6) is 5.75 Å². The van der Waals surface area contributed by atoms with Crippen molar-refractivity contribution in [2.45, 2.75) is 12.8 Å². The van der Waals surface area contributed by atoms with Crippen LogP contribution >= 0.6 is 0 Å². The van der Waals surface area contributed by atoms with E-state index in [0.29, 0.717) is 0 Å². The van der Waals surface area contributed by atoms with Gasteiger partial charge >= 0.3 is 0 Å². The van der Waals surface area contributed by atoms with Crippen molar-refractivity contribution in [3.8, 4) is 5.75 Å².